The third-order valence-corrected chi connectivity index (χ3v) is 2.53. The van der Waals surface area contributed by atoms with Gasteiger partial charge in [0.2, 0.25) is 0 Å². The molecule has 0 atom stereocenters. The predicted molar refractivity (Wildman–Crippen MR) is 64.6 cm³/mol. The van der Waals surface area contributed by atoms with Crippen molar-refractivity contribution in [1.82, 2.24) is 9.78 Å². The van der Waals surface area contributed by atoms with Crippen LogP contribution in [0.1, 0.15) is 18.1 Å². The van der Waals surface area contributed by atoms with Crippen molar-refractivity contribution >= 4 is 0 Å². The number of aryl methyl sites for hydroxylation is 1. The number of halogens is 1. The van der Waals surface area contributed by atoms with E-state index in [9.17, 15) is 4.39 Å². The SMILES string of the molecule is CCn1cc(COc2cc(F)cc(CO)c2)cn1. The maximum absolute atomic E-state index is 13.2. The second kappa shape index (κ2) is 5.64. The highest BCUT2D eigenvalue weighted by atomic mass is 19.1. The topological polar surface area (TPSA) is 47.3 Å². The minimum atomic E-state index is -0.416. The second-order valence-corrected chi connectivity index (χ2v) is 3.95. The fourth-order valence-corrected chi connectivity index (χ4v) is 1.62. The fourth-order valence-electron chi connectivity index (χ4n) is 1.62. The van der Waals surface area contributed by atoms with Crippen LogP contribution >= 0.6 is 0 Å². The molecule has 2 aromatic rings. The summed E-state index contributed by atoms with van der Waals surface area (Å²) in [4.78, 5) is 0. The molecule has 96 valence electrons. The van der Waals surface area contributed by atoms with E-state index >= 15 is 0 Å². The van der Waals surface area contributed by atoms with Crippen molar-refractivity contribution in [2.45, 2.75) is 26.7 Å². The van der Waals surface area contributed by atoms with Crippen molar-refractivity contribution in [2.24, 2.45) is 0 Å². The monoisotopic (exact) mass is 250 g/mol. The predicted octanol–water partition coefficient (Wildman–Crippen LogP) is 2.11. The van der Waals surface area contributed by atoms with Gasteiger partial charge >= 0.3 is 0 Å². The van der Waals surface area contributed by atoms with Gasteiger partial charge in [-0.25, -0.2) is 4.39 Å². The molecule has 1 N–H and O–H groups in total. The van der Waals surface area contributed by atoms with Crippen molar-refractivity contribution in [1.29, 1.82) is 0 Å². The number of benzene rings is 1. The summed E-state index contributed by atoms with van der Waals surface area (Å²) < 4.78 is 20.5. The molecule has 0 bridgehead atoms. The Kier molecular flexibility index (Phi) is 3.94. The number of rotatable bonds is 5. The van der Waals surface area contributed by atoms with Gasteiger partial charge in [-0.3, -0.25) is 4.68 Å². The standard InChI is InChI=1S/C13H15FN2O2/c1-2-16-7-11(6-15-16)9-18-13-4-10(8-17)3-12(14)5-13/h3-7,17H,2,8-9H2,1H3. The highest BCUT2D eigenvalue weighted by Gasteiger charge is 2.03. The van der Waals surface area contributed by atoms with Crippen molar-refractivity contribution < 1.29 is 14.2 Å². The Labute approximate surface area is 105 Å². The van der Waals surface area contributed by atoms with E-state index in [2.05, 4.69) is 5.10 Å². The molecule has 0 fully saturated rings. The highest BCUT2D eigenvalue weighted by Crippen LogP contribution is 2.17. The summed E-state index contributed by atoms with van der Waals surface area (Å²) in [5.41, 5.74) is 1.42. The zero-order chi connectivity index (χ0) is 13.0. The molecule has 0 aliphatic carbocycles. The van der Waals surface area contributed by atoms with E-state index in [0.29, 0.717) is 17.9 Å². The van der Waals surface area contributed by atoms with Crippen LogP contribution in [0.4, 0.5) is 4.39 Å². The Balaban J connectivity index is 2.03. The summed E-state index contributed by atoms with van der Waals surface area (Å²) in [5.74, 6) is -0.0101. The molecule has 0 saturated heterocycles. The Morgan fingerprint density at radius 1 is 1.33 bits per heavy atom. The Hall–Kier alpha value is -1.88. The van der Waals surface area contributed by atoms with Crippen LogP contribution in [-0.2, 0) is 19.8 Å². The molecule has 0 spiro atoms. The van der Waals surface area contributed by atoms with Crippen molar-refractivity contribution in [3.63, 3.8) is 0 Å². The number of aromatic nitrogens is 2. The summed E-state index contributed by atoms with van der Waals surface area (Å²) in [6.45, 7) is 2.92. The zero-order valence-corrected chi connectivity index (χ0v) is 10.1. The largest absolute Gasteiger partial charge is 0.489 e. The van der Waals surface area contributed by atoms with Crippen LogP contribution in [0.25, 0.3) is 0 Å². The molecule has 0 aliphatic heterocycles. The lowest BCUT2D eigenvalue weighted by Crippen LogP contribution is -1.97. The number of nitrogens with zero attached hydrogens (tertiary/aromatic N) is 2. The average molecular weight is 250 g/mol. The molecule has 1 aromatic carbocycles. The third kappa shape index (κ3) is 3.07. The highest BCUT2D eigenvalue weighted by molar-refractivity contribution is 5.29. The van der Waals surface area contributed by atoms with Gasteiger partial charge in [-0.05, 0) is 24.6 Å². The first-order valence-electron chi connectivity index (χ1n) is 5.75. The minimum Gasteiger partial charge on any atom is -0.489 e. The van der Waals surface area contributed by atoms with Crippen LogP contribution in [0.3, 0.4) is 0 Å². The Bertz CT molecular complexity index is 525. The molecular weight excluding hydrogens is 235 g/mol. The van der Waals surface area contributed by atoms with Crippen LogP contribution in [0.2, 0.25) is 0 Å². The molecule has 0 unspecified atom stereocenters. The van der Waals surface area contributed by atoms with E-state index in [-0.39, 0.29) is 6.61 Å². The molecule has 0 saturated carbocycles. The van der Waals surface area contributed by atoms with E-state index < -0.39 is 5.82 Å². The van der Waals surface area contributed by atoms with Gasteiger partial charge < -0.3 is 9.84 Å². The minimum absolute atomic E-state index is 0.206. The summed E-state index contributed by atoms with van der Waals surface area (Å²) in [6, 6.07) is 4.19. The maximum Gasteiger partial charge on any atom is 0.127 e. The van der Waals surface area contributed by atoms with Gasteiger partial charge in [0.1, 0.15) is 18.2 Å². The van der Waals surface area contributed by atoms with Gasteiger partial charge in [0, 0.05) is 24.4 Å². The molecule has 0 aliphatic rings. The maximum atomic E-state index is 13.2. The average Bonchev–Trinajstić information content (AvgIpc) is 2.83. The van der Waals surface area contributed by atoms with Crippen LogP contribution in [0.5, 0.6) is 5.75 Å². The molecular formula is C13H15FN2O2. The van der Waals surface area contributed by atoms with Gasteiger partial charge in [0.15, 0.2) is 0 Å². The molecule has 5 heteroatoms. The molecule has 18 heavy (non-hydrogen) atoms. The third-order valence-electron chi connectivity index (χ3n) is 2.53. The lowest BCUT2D eigenvalue weighted by atomic mass is 10.2. The first-order valence-corrected chi connectivity index (χ1v) is 5.75. The normalized spacial score (nSPS) is 10.6. The van der Waals surface area contributed by atoms with E-state index in [1.54, 1.807) is 16.9 Å². The van der Waals surface area contributed by atoms with Gasteiger partial charge in [-0.15, -0.1) is 0 Å². The van der Waals surface area contributed by atoms with Crippen LogP contribution in [0, 0.1) is 5.82 Å². The van der Waals surface area contributed by atoms with Gasteiger partial charge in [-0.2, -0.15) is 5.10 Å². The van der Waals surface area contributed by atoms with E-state index in [0.717, 1.165) is 12.1 Å². The zero-order valence-electron chi connectivity index (χ0n) is 10.1. The number of hydrogen-bond acceptors (Lipinski definition) is 3. The molecule has 0 amide bonds. The Morgan fingerprint density at radius 3 is 2.83 bits per heavy atom. The molecule has 4 nitrogen and oxygen atoms in total. The van der Waals surface area contributed by atoms with Gasteiger partial charge in [0.25, 0.3) is 0 Å². The first kappa shape index (κ1) is 12.6. The van der Waals surface area contributed by atoms with E-state index in [1.807, 2.05) is 13.1 Å². The van der Waals surface area contributed by atoms with E-state index in [4.69, 9.17) is 9.84 Å². The second-order valence-electron chi connectivity index (χ2n) is 3.95. The summed E-state index contributed by atoms with van der Waals surface area (Å²) >= 11 is 0. The lowest BCUT2D eigenvalue weighted by molar-refractivity contribution is 0.276. The van der Waals surface area contributed by atoms with Gasteiger partial charge in [0.05, 0.1) is 12.8 Å². The number of aliphatic hydroxyl groups is 1. The van der Waals surface area contributed by atoms with Crippen molar-refractivity contribution in [3.05, 3.63) is 47.5 Å². The van der Waals surface area contributed by atoms with Crippen molar-refractivity contribution in [3.8, 4) is 5.75 Å². The molecule has 2 rings (SSSR count). The van der Waals surface area contributed by atoms with E-state index in [1.165, 1.54) is 12.1 Å². The molecule has 1 aromatic heterocycles. The summed E-state index contributed by atoms with van der Waals surface area (Å²) in [6.07, 6.45) is 3.60. The fraction of sp³-hybridized carbons (Fsp3) is 0.308. The number of hydrogen-bond donors (Lipinski definition) is 1. The quantitative estimate of drug-likeness (QED) is 0.884. The summed E-state index contributed by atoms with van der Waals surface area (Å²) in [5, 5.41) is 13.1. The first-order chi connectivity index (χ1) is 8.71. The Morgan fingerprint density at radius 2 is 2.17 bits per heavy atom. The number of aliphatic hydroxyl groups excluding tert-OH is 1. The molecule has 1 heterocycles. The van der Waals surface area contributed by atoms with Crippen LogP contribution < -0.4 is 4.74 Å². The van der Waals surface area contributed by atoms with Crippen LogP contribution in [-0.4, -0.2) is 14.9 Å². The van der Waals surface area contributed by atoms with Crippen LogP contribution in [0.15, 0.2) is 30.6 Å². The molecule has 0 radical (unpaired) electrons. The number of ether oxygens (including phenoxy) is 1. The smallest absolute Gasteiger partial charge is 0.127 e. The van der Waals surface area contributed by atoms with Crippen molar-refractivity contribution in [2.75, 3.05) is 0 Å². The lowest BCUT2D eigenvalue weighted by Gasteiger charge is -2.06. The van der Waals surface area contributed by atoms with Gasteiger partial charge in [-0.1, -0.05) is 0 Å². The summed E-state index contributed by atoms with van der Waals surface area (Å²) in [7, 11) is 0.